The van der Waals surface area contributed by atoms with Crippen molar-refractivity contribution in [3.63, 3.8) is 0 Å². The summed E-state index contributed by atoms with van der Waals surface area (Å²) in [5.41, 5.74) is 10.9. The van der Waals surface area contributed by atoms with Gasteiger partial charge in [0.1, 0.15) is 5.82 Å². The molecule has 2 aromatic carbocycles. The van der Waals surface area contributed by atoms with Crippen LogP contribution in [0.15, 0.2) is 30.3 Å². The van der Waals surface area contributed by atoms with Crippen molar-refractivity contribution in [1.82, 2.24) is 20.2 Å². The molecule has 3 aliphatic rings. The van der Waals surface area contributed by atoms with Crippen LogP contribution in [0.5, 0.6) is 0 Å². The highest BCUT2D eigenvalue weighted by Crippen LogP contribution is 2.44. The van der Waals surface area contributed by atoms with Gasteiger partial charge in [0.05, 0.1) is 17.3 Å². The van der Waals surface area contributed by atoms with Gasteiger partial charge in [-0.3, -0.25) is 5.10 Å². The molecule has 5 heterocycles. The van der Waals surface area contributed by atoms with Crippen LogP contribution in [-0.4, -0.2) is 52.0 Å². The Labute approximate surface area is 243 Å². The predicted octanol–water partition coefficient (Wildman–Crippen LogP) is 6.78. The van der Waals surface area contributed by atoms with Crippen molar-refractivity contribution >= 4 is 22.4 Å². The number of fused-ring (bicyclic) bond motifs is 4. The molecule has 2 aromatic heterocycles. The van der Waals surface area contributed by atoms with Crippen LogP contribution in [0.2, 0.25) is 0 Å². The van der Waals surface area contributed by atoms with E-state index >= 15 is 0 Å². The number of aromatic nitrogens is 4. The summed E-state index contributed by atoms with van der Waals surface area (Å²) in [6, 6.07) is 12.1. The number of anilines is 2. The van der Waals surface area contributed by atoms with Crippen molar-refractivity contribution in [2.75, 3.05) is 23.5 Å². The number of rotatable bonds is 5. The number of nitrogens with zero attached hydrogens (tertiary/aromatic N) is 5. The minimum atomic E-state index is 0.336. The number of aromatic amines is 1. The van der Waals surface area contributed by atoms with Gasteiger partial charge in [0.25, 0.3) is 0 Å². The first-order chi connectivity index (χ1) is 19.8. The minimum absolute atomic E-state index is 0.336. The Morgan fingerprint density at radius 3 is 2.46 bits per heavy atom. The van der Waals surface area contributed by atoms with Gasteiger partial charge in [-0.15, -0.1) is 0 Å². The van der Waals surface area contributed by atoms with Gasteiger partial charge in [0.2, 0.25) is 0 Å². The van der Waals surface area contributed by atoms with Gasteiger partial charge in [-0.25, -0.2) is 9.97 Å². The molecule has 0 radical (unpaired) electrons. The minimum Gasteiger partial charge on any atom is -0.381 e. The van der Waals surface area contributed by atoms with Crippen molar-refractivity contribution in [3.05, 3.63) is 64.0 Å². The largest absolute Gasteiger partial charge is 0.381 e. The van der Waals surface area contributed by atoms with E-state index < -0.39 is 0 Å². The first-order valence-corrected chi connectivity index (χ1v) is 15.3. The maximum absolute atomic E-state index is 5.87. The van der Waals surface area contributed by atoms with E-state index in [0.29, 0.717) is 24.1 Å². The maximum Gasteiger partial charge on any atom is 0.162 e. The highest BCUT2D eigenvalue weighted by atomic mass is 16.5. The number of benzene rings is 2. The molecule has 2 saturated heterocycles. The number of hydrogen-bond donors (Lipinski definition) is 1. The zero-order valence-corrected chi connectivity index (χ0v) is 25.3. The molecule has 1 N–H and O–H groups in total. The Kier molecular flexibility index (Phi) is 6.53. The average Bonchev–Trinajstić information content (AvgIpc) is 3.47. The number of methoxy groups -OCH3 is 1. The molecule has 2 unspecified atom stereocenters. The monoisotopic (exact) mass is 550 g/mol. The van der Waals surface area contributed by atoms with E-state index in [1.54, 1.807) is 0 Å². The predicted molar refractivity (Wildman–Crippen MR) is 166 cm³/mol. The molecule has 0 saturated carbocycles. The fourth-order valence-electron chi connectivity index (χ4n) is 7.58. The van der Waals surface area contributed by atoms with Crippen LogP contribution >= 0.6 is 0 Å². The second kappa shape index (κ2) is 10.1. The summed E-state index contributed by atoms with van der Waals surface area (Å²) in [4.78, 5) is 16.1. The van der Waals surface area contributed by atoms with Crippen molar-refractivity contribution in [3.8, 4) is 11.4 Å². The third-order valence-electron chi connectivity index (χ3n) is 9.88. The summed E-state index contributed by atoms with van der Waals surface area (Å²) >= 11 is 0. The second-order valence-electron chi connectivity index (χ2n) is 12.8. The van der Waals surface area contributed by atoms with Gasteiger partial charge in [0.15, 0.2) is 5.82 Å². The Morgan fingerprint density at radius 1 is 0.976 bits per heavy atom. The summed E-state index contributed by atoms with van der Waals surface area (Å²) in [6.45, 7) is 12.8. The fourth-order valence-corrected chi connectivity index (χ4v) is 7.58. The zero-order valence-electron chi connectivity index (χ0n) is 25.3. The van der Waals surface area contributed by atoms with Crippen LogP contribution in [0.1, 0.15) is 79.1 Å². The number of ether oxygens (including phenoxy) is 1. The molecule has 7 heteroatoms. The molecule has 3 aliphatic heterocycles. The average molecular weight is 551 g/mol. The summed E-state index contributed by atoms with van der Waals surface area (Å²) in [5, 5.41) is 8.89. The number of H-pyrrole nitrogens is 1. The molecule has 2 atom stereocenters. The van der Waals surface area contributed by atoms with Crippen LogP contribution in [0.3, 0.4) is 0 Å². The molecule has 0 spiro atoms. The quantitative estimate of drug-likeness (QED) is 0.295. The molecule has 4 aromatic rings. The van der Waals surface area contributed by atoms with Crippen LogP contribution in [0.4, 0.5) is 11.5 Å². The highest BCUT2D eigenvalue weighted by molar-refractivity contribution is 5.96. The van der Waals surface area contributed by atoms with Crippen LogP contribution in [-0.2, 0) is 17.7 Å². The lowest BCUT2D eigenvalue weighted by Gasteiger charge is -2.42. The van der Waals surface area contributed by atoms with Crippen molar-refractivity contribution in [2.45, 2.75) is 97.4 Å². The van der Waals surface area contributed by atoms with Gasteiger partial charge in [-0.05, 0) is 81.2 Å². The lowest BCUT2D eigenvalue weighted by atomic mass is 9.95. The van der Waals surface area contributed by atoms with Gasteiger partial charge in [0, 0.05) is 66.6 Å². The van der Waals surface area contributed by atoms with Gasteiger partial charge >= 0.3 is 0 Å². The van der Waals surface area contributed by atoms with E-state index in [9.17, 15) is 0 Å². The lowest BCUT2D eigenvalue weighted by molar-refractivity contribution is 0.0681. The second-order valence-corrected chi connectivity index (χ2v) is 12.8. The van der Waals surface area contributed by atoms with E-state index in [0.717, 1.165) is 66.2 Å². The molecular weight excluding hydrogens is 508 g/mol. The molecule has 0 aliphatic carbocycles. The molecule has 7 rings (SSSR count). The van der Waals surface area contributed by atoms with Crippen molar-refractivity contribution < 1.29 is 4.74 Å². The number of nitrogens with one attached hydrogen (secondary N) is 1. The highest BCUT2D eigenvalue weighted by Gasteiger charge is 2.43. The lowest BCUT2D eigenvalue weighted by Crippen LogP contribution is -2.47. The Bertz CT molecular complexity index is 1610. The topological polar surface area (TPSA) is 70.2 Å². The summed E-state index contributed by atoms with van der Waals surface area (Å²) in [7, 11) is 1.87. The third-order valence-corrected chi connectivity index (χ3v) is 9.88. The summed E-state index contributed by atoms with van der Waals surface area (Å²) < 4.78 is 5.87. The Hall–Kier alpha value is -3.45. The van der Waals surface area contributed by atoms with Crippen molar-refractivity contribution in [1.29, 1.82) is 0 Å². The van der Waals surface area contributed by atoms with Gasteiger partial charge in [-0.2, -0.15) is 5.10 Å². The van der Waals surface area contributed by atoms with E-state index in [1.165, 1.54) is 46.5 Å². The van der Waals surface area contributed by atoms with Crippen LogP contribution in [0.25, 0.3) is 22.3 Å². The summed E-state index contributed by atoms with van der Waals surface area (Å²) in [5.74, 6) is 2.49. The first-order valence-electron chi connectivity index (χ1n) is 15.3. The SMILES string of the molecule is COC1CC2CCC(C1)N2c1nc(-c2c(C)ccc3n[nH]c(C)c23)nc2c1CN(c1cc(C(C)C)ccc1C)CC2. The van der Waals surface area contributed by atoms with E-state index in [-0.39, 0.29) is 0 Å². The van der Waals surface area contributed by atoms with Crippen LogP contribution < -0.4 is 9.80 Å². The van der Waals surface area contributed by atoms with Crippen molar-refractivity contribution in [2.24, 2.45) is 0 Å². The molecule has 7 nitrogen and oxygen atoms in total. The van der Waals surface area contributed by atoms with Gasteiger partial charge < -0.3 is 14.5 Å². The molecule has 2 fully saturated rings. The summed E-state index contributed by atoms with van der Waals surface area (Å²) in [6.07, 6.45) is 5.78. The number of aryl methyl sites for hydroxylation is 3. The standard InChI is InChI=1S/C34H42N6O/c1-19(2)23-9-7-20(3)30(15-23)39-14-13-28-27(18-39)34(40-24-10-11-25(40)17-26(16-24)41-6)36-33(35-28)31-21(4)8-12-29-32(31)22(5)37-38-29/h7-9,12,15,19,24-26H,10-11,13-14,16-18H2,1-6H3,(H,37,38). The van der Waals surface area contributed by atoms with E-state index in [4.69, 9.17) is 14.7 Å². The van der Waals surface area contributed by atoms with Crippen LogP contribution in [0, 0.1) is 20.8 Å². The Morgan fingerprint density at radius 2 is 1.73 bits per heavy atom. The number of hydrogen-bond acceptors (Lipinski definition) is 6. The third kappa shape index (κ3) is 4.40. The molecule has 41 heavy (non-hydrogen) atoms. The zero-order chi connectivity index (χ0) is 28.4. The van der Waals surface area contributed by atoms with Gasteiger partial charge in [-0.1, -0.05) is 32.0 Å². The number of piperidine rings is 1. The molecule has 0 amide bonds. The maximum atomic E-state index is 5.87. The molecule has 2 bridgehead atoms. The fraction of sp³-hybridized carbons (Fsp3) is 0.500. The normalized spacial score (nSPS) is 22.2. The van der Waals surface area contributed by atoms with E-state index in [1.807, 2.05) is 7.11 Å². The van der Waals surface area contributed by atoms with E-state index in [2.05, 4.69) is 84.9 Å². The smallest absolute Gasteiger partial charge is 0.162 e. The molecular formula is C34H42N6O. The first kappa shape index (κ1) is 26.4. The Balaban J connectivity index is 1.38. The molecule has 214 valence electrons.